The molecule has 0 atom stereocenters. The summed E-state index contributed by atoms with van der Waals surface area (Å²) in [4.78, 5) is 22.3. The zero-order valence-corrected chi connectivity index (χ0v) is 20.0. The molecule has 0 aliphatic carbocycles. The standard InChI is InChI=1S/C10H11BrO3.C10H12O3.CH4.BHNS/c1-13-9-5-7(10(12)14-2)3-4-8(9)6-11;1-7-4-5-8(10(11)13-3)6-9(7)12-2;;1-2-3/h3-5H,6H2,1-2H3;4-6H,1-3H3;1H4;3H. The van der Waals surface area contributed by atoms with Crippen molar-refractivity contribution < 1.29 is 28.5 Å². The molecule has 2 aromatic rings. The number of hydrogen-bond acceptors (Lipinski definition) is 8. The van der Waals surface area contributed by atoms with Gasteiger partial charge >= 0.3 is 36.7 Å². The first-order valence-corrected chi connectivity index (χ1v) is 9.93. The first-order valence-electron chi connectivity index (χ1n) is 8.41. The Morgan fingerprint density at radius 3 is 1.74 bits per heavy atom. The molecule has 0 amide bonds. The number of carbonyl (C=O) groups is 2. The zero-order chi connectivity index (χ0) is 23.1. The van der Waals surface area contributed by atoms with Crippen molar-refractivity contribution in [2.75, 3.05) is 28.4 Å². The Morgan fingerprint density at radius 2 is 1.35 bits per heavy atom. The molecule has 10 heteroatoms. The fourth-order valence-corrected chi connectivity index (χ4v) is 2.63. The number of thiol groups is 1. The van der Waals surface area contributed by atoms with Crippen LogP contribution in [-0.4, -0.2) is 48.0 Å². The average Bonchev–Trinajstić information content (AvgIpc) is 2.78. The molecule has 0 fully saturated rings. The minimum atomic E-state index is -0.357. The molecule has 2 rings (SSSR count). The molecule has 2 aromatic carbocycles. The van der Waals surface area contributed by atoms with Crippen LogP contribution in [0.4, 0.5) is 0 Å². The molecule has 0 aliphatic heterocycles. The predicted molar refractivity (Wildman–Crippen MR) is 130 cm³/mol. The Labute approximate surface area is 199 Å². The molecule has 1 radical (unpaired) electrons. The molecule has 7 nitrogen and oxygen atoms in total. The van der Waals surface area contributed by atoms with Gasteiger partial charge in [-0.25, -0.2) is 9.59 Å². The summed E-state index contributed by atoms with van der Waals surface area (Å²) in [5, 5.41) is 0.692. The van der Waals surface area contributed by atoms with Gasteiger partial charge in [-0.15, -0.1) is 0 Å². The number of aryl methyl sites for hydroxylation is 1. The molecule has 0 aliphatic rings. The number of hydrogen-bond donors (Lipinski definition) is 1. The van der Waals surface area contributed by atoms with E-state index < -0.39 is 0 Å². The Hall–Kier alpha value is -2.33. The number of halogens is 1. The summed E-state index contributed by atoms with van der Waals surface area (Å²) in [6.45, 7) is 1.92. The van der Waals surface area contributed by atoms with Crippen LogP contribution in [-0.2, 0) is 14.8 Å². The number of rotatable bonds is 5. The Balaban J connectivity index is 0. The van der Waals surface area contributed by atoms with Crippen LogP contribution in [0.25, 0.3) is 0 Å². The van der Waals surface area contributed by atoms with Crippen LogP contribution in [0.15, 0.2) is 40.7 Å². The summed E-state index contributed by atoms with van der Waals surface area (Å²) in [5.74, 6) is 0.676. The van der Waals surface area contributed by atoms with Crippen molar-refractivity contribution in [3.05, 3.63) is 58.7 Å². The van der Waals surface area contributed by atoms with E-state index in [2.05, 4.69) is 50.2 Å². The van der Waals surface area contributed by atoms with E-state index in [0.29, 0.717) is 28.0 Å². The van der Waals surface area contributed by atoms with Crippen LogP contribution in [0.2, 0.25) is 0 Å². The normalized spacial score (nSPS) is 8.71. The second-order valence-corrected chi connectivity index (χ2v) is 6.23. The van der Waals surface area contributed by atoms with Gasteiger partial charge in [0.2, 0.25) is 0 Å². The van der Waals surface area contributed by atoms with Crippen LogP contribution < -0.4 is 9.47 Å². The molecule has 0 N–H and O–H groups in total. The van der Waals surface area contributed by atoms with E-state index in [1.54, 1.807) is 38.5 Å². The topological polar surface area (TPSA) is 83.4 Å². The molecule has 0 heterocycles. The third-order valence-electron chi connectivity index (χ3n) is 3.68. The van der Waals surface area contributed by atoms with Crippen molar-refractivity contribution in [2.45, 2.75) is 19.7 Å². The summed E-state index contributed by atoms with van der Waals surface area (Å²) in [6.07, 6.45) is 0. The van der Waals surface area contributed by atoms with Gasteiger partial charge in [-0.2, -0.15) is 0 Å². The van der Waals surface area contributed by atoms with Crippen molar-refractivity contribution >= 4 is 48.3 Å². The number of benzene rings is 2. The molecule has 0 aromatic heterocycles. The van der Waals surface area contributed by atoms with Crippen molar-refractivity contribution in [2.24, 2.45) is 4.30 Å². The van der Waals surface area contributed by atoms with E-state index in [9.17, 15) is 9.59 Å². The second-order valence-electron chi connectivity index (χ2n) is 5.44. The van der Waals surface area contributed by atoms with Gasteiger partial charge in [0, 0.05) is 10.9 Å². The van der Waals surface area contributed by atoms with E-state index in [4.69, 9.17) is 9.47 Å². The van der Waals surface area contributed by atoms with E-state index in [0.717, 1.165) is 11.1 Å². The van der Waals surface area contributed by atoms with Gasteiger partial charge in [-0.3, -0.25) is 0 Å². The fraction of sp³-hybridized carbons (Fsp3) is 0.333. The van der Waals surface area contributed by atoms with Gasteiger partial charge in [0.1, 0.15) is 11.5 Å². The van der Waals surface area contributed by atoms with E-state index >= 15 is 0 Å². The zero-order valence-electron chi connectivity index (χ0n) is 17.5. The molecule has 169 valence electrons. The summed E-state index contributed by atoms with van der Waals surface area (Å²) < 4.78 is 22.1. The Kier molecular flexibility index (Phi) is 17.3. The fourth-order valence-electron chi connectivity index (χ4n) is 2.16. The van der Waals surface area contributed by atoms with Gasteiger partial charge in [0.15, 0.2) is 0 Å². The SMILES string of the molecule is C.COC(=O)c1ccc(C)c(OC)c1.COC(=O)c1ccc(CBr)c(OC)c1.[B]=NS. The van der Waals surface area contributed by atoms with Crippen molar-refractivity contribution in [1.29, 1.82) is 0 Å². The number of alkyl halides is 1. The van der Waals surface area contributed by atoms with E-state index in [-0.39, 0.29) is 19.4 Å². The number of nitrogens with zero attached hydrogens (tertiary/aromatic N) is 1. The maximum atomic E-state index is 11.2. The third-order valence-corrected chi connectivity index (χ3v) is 4.29. The van der Waals surface area contributed by atoms with Crippen LogP contribution in [0.3, 0.4) is 0 Å². The summed E-state index contributed by atoms with van der Waals surface area (Å²) in [7, 11) is 10.2. The molecule has 0 unspecified atom stereocenters. The first kappa shape index (κ1) is 30.9. The summed E-state index contributed by atoms with van der Waals surface area (Å²) in [6, 6.07) is 10.4. The van der Waals surface area contributed by atoms with Gasteiger partial charge in [-0.1, -0.05) is 35.5 Å². The summed E-state index contributed by atoms with van der Waals surface area (Å²) >= 11 is 6.52. The first-order chi connectivity index (χ1) is 14.3. The molecular weight excluding hydrogens is 485 g/mol. The minimum absolute atomic E-state index is 0. The van der Waals surface area contributed by atoms with Crippen LogP contribution in [0, 0.1) is 6.92 Å². The van der Waals surface area contributed by atoms with Crippen LogP contribution in [0.5, 0.6) is 11.5 Å². The summed E-state index contributed by atoms with van der Waals surface area (Å²) in [5.41, 5.74) is 2.99. The molecule has 0 spiro atoms. The molecular formula is C21H28BBrNO6S. The molecule has 0 saturated carbocycles. The van der Waals surface area contributed by atoms with Crippen molar-refractivity contribution in [3.8, 4) is 11.5 Å². The van der Waals surface area contributed by atoms with Gasteiger partial charge in [-0.05, 0) is 36.8 Å². The molecule has 0 bridgehead atoms. The Morgan fingerprint density at radius 1 is 0.935 bits per heavy atom. The van der Waals surface area contributed by atoms with Gasteiger partial charge < -0.3 is 18.9 Å². The van der Waals surface area contributed by atoms with Crippen LogP contribution >= 0.6 is 28.7 Å². The second kappa shape index (κ2) is 17.4. The number of esters is 2. The molecule has 31 heavy (non-hydrogen) atoms. The number of ether oxygens (including phenoxy) is 4. The predicted octanol–water partition coefficient (Wildman–Crippen LogP) is 4.99. The van der Waals surface area contributed by atoms with Gasteiger partial charge in [0.25, 0.3) is 0 Å². The Bertz CT molecular complexity index is 851. The number of methoxy groups -OCH3 is 4. The third kappa shape index (κ3) is 10.5. The van der Waals surface area contributed by atoms with Crippen molar-refractivity contribution in [1.82, 2.24) is 0 Å². The monoisotopic (exact) mass is 512 g/mol. The molecule has 0 saturated heterocycles. The number of carbonyl (C=O) groups excluding carboxylic acids is 2. The van der Waals surface area contributed by atoms with Crippen molar-refractivity contribution in [3.63, 3.8) is 0 Å². The van der Waals surface area contributed by atoms with E-state index in [1.165, 1.54) is 14.2 Å². The van der Waals surface area contributed by atoms with E-state index in [1.807, 2.05) is 19.1 Å². The maximum absolute atomic E-state index is 11.2. The quantitative estimate of drug-likeness (QED) is 0.263. The van der Waals surface area contributed by atoms with Crippen LogP contribution in [0.1, 0.15) is 39.3 Å². The van der Waals surface area contributed by atoms with Gasteiger partial charge in [0.05, 0.1) is 39.6 Å². The average molecular weight is 513 g/mol.